The molecular weight excluding hydrogens is 419 g/mol. The van der Waals surface area contributed by atoms with Crippen molar-refractivity contribution in [3.05, 3.63) is 51.9 Å². The summed E-state index contributed by atoms with van der Waals surface area (Å²) >= 11 is 0. The standard InChI is InChI=1S/C20H24F3N3O5/c1-13(19(28)30-3)31-10-4-9-24-16-11-25-26(18(27)17(16)20(21,22)23)12-14-5-7-15(29-2)8-6-14/h5-8,11,13,24H,4,9-10,12H2,1-3H3. The minimum atomic E-state index is -4.86. The van der Waals surface area contributed by atoms with E-state index in [9.17, 15) is 22.8 Å². The van der Waals surface area contributed by atoms with Gasteiger partial charge in [0.2, 0.25) is 0 Å². The quantitative estimate of drug-likeness (QED) is 0.446. The molecule has 1 N–H and O–H groups in total. The number of ether oxygens (including phenoxy) is 3. The molecule has 0 saturated heterocycles. The van der Waals surface area contributed by atoms with Crippen LogP contribution in [0.5, 0.6) is 5.75 Å². The molecule has 0 fully saturated rings. The van der Waals surface area contributed by atoms with Crippen LogP contribution in [0.25, 0.3) is 0 Å². The highest BCUT2D eigenvalue weighted by atomic mass is 19.4. The fourth-order valence-corrected chi connectivity index (χ4v) is 2.70. The lowest BCUT2D eigenvalue weighted by Gasteiger charge is -2.16. The van der Waals surface area contributed by atoms with Crippen molar-refractivity contribution >= 4 is 11.7 Å². The topological polar surface area (TPSA) is 91.7 Å². The number of carbonyl (C=O) groups is 1. The third kappa shape index (κ3) is 6.71. The number of benzene rings is 1. The Morgan fingerprint density at radius 1 is 1.23 bits per heavy atom. The average molecular weight is 443 g/mol. The Morgan fingerprint density at radius 3 is 2.48 bits per heavy atom. The molecule has 8 nitrogen and oxygen atoms in total. The second-order valence-electron chi connectivity index (χ2n) is 6.56. The maximum absolute atomic E-state index is 13.6. The highest BCUT2D eigenvalue weighted by Crippen LogP contribution is 2.31. The van der Waals surface area contributed by atoms with Gasteiger partial charge in [-0.1, -0.05) is 12.1 Å². The van der Waals surface area contributed by atoms with Crippen molar-refractivity contribution in [1.82, 2.24) is 9.78 Å². The molecule has 1 unspecified atom stereocenters. The molecule has 0 spiro atoms. The Balaban J connectivity index is 2.09. The van der Waals surface area contributed by atoms with Gasteiger partial charge in [-0.15, -0.1) is 0 Å². The minimum absolute atomic E-state index is 0.0839. The van der Waals surface area contributed by atoms with Crippen LogP contribution in [0.4, 0.5) is 18.9 Å². The minimum Gasteiger partial charge on any atom is -0.497 e. The van der Waals surface area contributed by atoms with Crippen molar-refractivity contribution in [3.63, 3.8) is 0 Å². The number of rotatable bonds is 10. The zero-order valence-corrected chi connectivity index (χ0v) is 17.4. The number of anilines is 1. The average Bonchev–Trinajstić information content (AvgIpc) is 2.74. The number of carbonyl (C=O) groups excluding carboxylic acids is 1. The van der Waals surface area contributed by atoms with Crippen LogP contribution in [0.2, 0.25) is 0 Å². The van der Waals surface area contributed by atoms with Crippen molar-refractivity contribution in [2.24, 2.45) is 0 Å². The second-order valence-corrected chi connectivity index (χ2v) is 6.56. The number of nitrogens with zero attached hydrogens (tertiary/aromatic N) is 2. The van der Waals surface area contributed by atoms with E-state index >= 15 is 0 Å². The number of hydrogen-bond acceptors (Lipinski definition) is 7. The summed E-state index contributed by atoms with van der Waals surface area (Å²) in [6.45, 7) is 1.59. The summed E-state index contributed by atoms with van der Waals surface area (Å²) in [4.78, 5) is 23.7. The van der Waals surface area contributed by atoms with Gasteiger partial charge in [-0.25, -0.2) is 9.48 Å². The molecule has 0 aliphatic heterocycles. The van der Waals surface area contributed by atoms with E-state index in [-0.39, 0.29) is 19.7 Å². The van der Waals surface area contributed by atoms with Crippen LogP contribution in [0, 0.1) is 0 Å². The summed E-state index contributed by atoms with van der Waals surface area (Å²) in [5.41, 5.74) is -2.38. The monoisotopic (exact) mass is 443 g/mol. The maximum Gasteiger partial charge on any atom is 0.423 e. The van der Waals surface area contributed by atoms with Crippen molar-refractivity contribution in [2.75, 3.05) is 32.7 Å². The van der Waals surface area contributed by atoms with Crippen molar-refractivity contribution in [2.45, 2.75) is 32.2 Å². The smallest absolute Gasteiger partial charge is 0.423 e. The van der Waals surface area contributed by atoms with Crippen molar-refractivity contribution < 1.29 is 32.2 Å². The molecule has 0 radical (unpaired) electrons. The van der Waals surface area contributed by atoms with Gasteiger partial charge in [0.25, 0.3) is 5.56 Å². The zero-order valence-electron chi connectivity index (χ0n) is 17.4. The fraction of sp³-hybridized carbons (Fsp3) is 0.450. The summed E-state index contributed by atoms with van der Waals surface area (Å²) < 4.78 is 56.2. The molecule has 1 atom stereocenters. The summed E-state index contributed by atoms with van der Waals surface area (Å²) in [5.74, 6) is 0.0431. The molecule has 0 amide bonds. The molecule has 1 heterocycles. The lowest BCUT2D eigenvalue weighted by Crippen LogP contribution is -2.32. The van der Waals surface area contributed by atoms with E-state index in [1.165, 1.54) is 21.1 Å². The number of nitrogens with one attached hydrogen (secondary N) is 1. The number of alkyl halides is 3. The van der Waals surface area contributed by atoms with E-state index in [0.717, 1.165) is 10.9 Å². The van der Waals surface area contributed by atoms with Crippen LogP contribution >= 0.6 is 0 Å². The van der Waals surface area contributed by atoms with Crippen LogP contribution in [0.1, 0.15) is 24.5 Å². The molecule has 2 aromatic rings. The largest absolute Gasteiger partial charge is 0.497 e. The maximum atomic E-state index is 13.6. The van der Waals surface area contributed by atoms with Gasteiger partial charge in [0.05, 0.1) is 32.6 Å². The number of halogens is 3. The van der Waals surface area contributed by atoms with Gasteiger partial charge in [-0.2, -0.15) is 18.3 Å². The molecule has 0 aliphatic rings. The summed E-state index contributed by atoms with van der Waals surface area (Å²) in [6.07, 6.45) is -4.36. The first-order chi connectivity index (χ1) is 14.7. The zero-order chi connectivity index (χ0) is 23.0. The molecular formula is C20H24F3N3O5. The molecule has 11 heteroatoms. The predicted molar refractivity (Wildman–Crippen MR) is 106 cm³/mol. The summed E-state index contributed by atoms with van der Waals surface area (Å²) in [7, 11) is 2.72. The fourth-order valence-electron chi connectivity index (χ4n) is 2.70. The van der Waals surface area contributed by atoms with Crippen LogP contribution in [0.15, 0.2) is 35.3 Å². The molecule has 31 heavy (non-hydrogen) atoms. The second kappa shape index (κ2) is 10.8. The van der Waals surface area contributed by atoms with E-state index in [1.807, 2.05) is 0 Å². The number of esters is 1. The van der Waals surface area contributed by atoms with Gasteiger partial charge < -0.3 is 19.5 Å². The van der Waals surface area contributed by atoms with E-state index in [0.29, 0.717) is 17.7 Å². The molecule has 0 bridgehead atoms. The highest BCUT2D eigenvalue weighted by molar-refractivity contribution is 5.73. The van der Waals surface area contributed by atoms with Crippen LogP contribution in [-0.2, 0) is 27.0 Å². The first-order valence-electron chi connectivity index (χ1n) is 9.41. The Kier molecular flexibility index (Phi) is 8.43. The van der Waals surface area contributed by atoms with E-state index in [1.54, 1.807) is 24.3 Å². The van der Waals surface area contributed by atoms with Crippen LogP contribution < -0.4 is 15.6 Å². The molecule has 170 valence electrons. The van der Waals surface area contributed by atoms with Crippen molar-refractivity contribution in [1.29, 1.82) is 0 Å². The molecule has 1 aromatic heterocycles. The van der Waals surface area contributed by atoms with E-state index in [4.69, 9.17) is 9.47 Å². The van der Waals surface area contributed by atoms with Crippen molar-refractivity contribution in [3.8, 4) is 5.75 Å². The Labute approximate surface area is 176 Å². The van der Waals surface area contributed by atoms with E-state index < -0.39 is 35.1 Å². The van der Waals surface area contributed by atoms with Gasteiger partial charge in [0.1, 0.15) is 11.3 Å². The lowest BCUT2D eigenvalue weighted by atomic mass is 10.2. The Morgan fingerprint density at radius 2 is 1.90 bits per heavy atom. The first-order valence-corrected chi connectivity index (χ1v) is 9.41. The number of methoxy groups -OCH3 is 2. The van der Waals surface area contributed by atoms with Crippen LogP contribution in [-0.4, -0.2) is 49.2 Å². The Hall–Kier alpha value is -3.08. The van der Waals surface area contributed by atoms with Gasteiger partial charge in [-0.3, -0.25) is 4.79 Å². The van der Waals surface area contributed by atoms with Gasteiger partial charge in [0.15, 0.2) is 6.10 Å². The SMILES string of the molecule is COC(=O)C(C)OCCCNc1cnn(Cc2ccc(OC)cc2)c(=O)c1C(F)(F)F. The first kappa shape index (κ1) is 24.2. The lowest BCUT2D eigenvalue weighted by molar-refractivity contribution is -0.152. The van der Waals surface area contributed by atoms with Gasteiger partial charge in [-0.05, 0) is 31.0 Å². The van der Waals surface area contributed by atoms with Gasteiger partial charge >= 0.3 is 12.1 Å². The predicted octanol–water partition coefficient (Wildman–Crippen LogP) is 2.70. The Bertz CT molecular complexity index is 929. The molecule has 0 saturated carbocycles. The number of hydrogen-bond donors (Lipinski definition) is 1. The third-order valence-corrected chi connectivity index (χ3v) is 4.36. The summed E-state index contributed by atoms with van der Waals surface area (Å²) in [6, 6.07) is 6.57. The third-order valence-electron chi connectivity index (χ3n) is 4.36. The number of aromatic nitrogens is 2. The highest BCUT2D eigenvalue weighted by Gasteiger charge is 2.38. The summed E-state index contributed by atoms with van der Waals surface area (Å²) in [5, 5.41) is 6.44. The normalized spacial score (nSPS) is 12.3. The van der Waals surface area contributed by atoms with E-state index in [2.05, 4.69) is 15.2 Å². The molecule has 0 aliphatic carbocycles. The van der Waals surface area contributed by atoms with Gasteiger partial charge in [0, 0.05) is 13.2 Å². The van der Waals surface area contributed by atoms with Crippen LogP contribution in [0.3, 0.4) is 0 Å². The molecule has 2 rings (SSSR count). The molecule has 1 aromatic carbocycles.